The Labute approximate surface area is 102 Å². The number of unbranched alkanes of at least 4 members (excludes halogenated alkanes) is 1. The van der Waals surface area contributed by atoms with Gasteiger partial charge in [0.2, 0.25) is 0 Å². The normalized spacial score (nSPS) is 20.2. The summed E-state index contributed by atoms with van der Waals surface area (Å²) < 4.78 is 0. The molecule has 16 heavy (non-hydrogen) atoms. The lowest BCUT2D eigenvalue weighted by atomic mass is 10.2. The zero-order valence-corrected chi connectivity index (χ0v) is 10.8. The number of aromatic nitrogens is 1. The maximum atomic E-state index is 4.43. The first-order valence-corrected chi connectivity index (χ1v) is 7.16. The fourth-order valence-corrected chi connectivity index (χ4v) is 2.84. The molecular weight excluding hydrogens is 218 g/mol. The maximum absolute atomic E-state index is 4.43. The van der Waals surface area contributed by atoms with Crippen molar-refractivity contribution in [3.05, 3.63) is 11.6 Å². The van der Waals surface area contributed by atoms with Gasteiger partial charge in [0, 0.05) is 30.7 Å². The van der Waals surface area contributed by atoms with E-state index in [9.17, 15) is 0 Å². The Balaban J connectivity index is 1.91. The zero-order valence-electron chi connectivity index (χ0n) is 9.98. The van der Waals surface area contributed by atoms with E-state index >= 15 is 0 Å². The van der Waals surface area contributed by atoms with Crippen molar-refractivity contribution in [3.8, 4) is 0 Å². The third-order valence-corrected chi connectivity index (χ3v) is 3.91. The summed E-state index contributed by atoms with van der Waals surface area (Å²) in [5.41, 5.74) is 0. The molecule has 1 unspecified atom stereocenters. The summed E-state index contributed by atoms with van der Waals surface area (Å²) in [6.07, 6.45) is 7.05. The van der Waals surface area contributed by atoms with Crippen LogP contribution in [0, 0.1) is 0 Å². The van der Waals surface area contributed by atoms with Gasteiger partial charge in [0.1, 0.15) is 0 Å². The first-order valence-electron chi connectivity index (χ1n) is 6.28. The van der Waals surface area contributed by atoms with Gasteiger partial charge in [0.15, 0.2) is 5.13 Å². The molecule has 1 atom stereocenters. The van der Waals surface area contributed by atoms with Crippen LogP contribution >= 0.6 is 11.3 Å². The summed E-state index contributed by atoms with van der Waals surface area (Å²) in [4.78, 5) is 6.87. The van der Waals surface area contributed by atoms with Crippen LogP contribution in [0.4, 0.5) is 5.13 Å². The van der Waals surface area contributed by atoms with E-state index in [4.69, 9.17) is 0 Å². The van der Waals surface area contributed by atoms with E-state index in [1.165, 1.54) is 37.4 Å². The molecule has 0 bridgehead atoms. The van der Waals surface area contributed by atoms with E-state index in [-0.39, 0.29) is 0 Å². The Morgan fingerprint density at radius 3 is 3.19 bits per heavy atom. The van der Waals surface area contributed by atoms with Gasteiger partial charge in [0.05, 0.1) is 0 Å². The molecule has 0 amide bonds. The van der Waals surface area contributed by atoms with E-state index in [0.717, 1.165) is 13.1 Å². The van der Waals surface area contributed by atoms with Crippen LogP contribution in [-0.4, -0.2) is 30.7 Å². The van der Waals surface area contributed by atoms with Gasteiger partial charge in [-0.15, -0.1) is 11.3 Å². The lowest BCUT2D eigenvalue weighted by Crippen LogP contribution is -2.38. The van der Waals surface area contributed by atoms with Crippen molar-refractivity contribution in [1.82, 2.24) is 10.3 Å². The molecule has 3 nitrogen and oxygen atoms in total. The highest BCUT2D eigenvalue weighted by molar-refractivity contribution is 7.13. The second kappa shape index (κ2) is 6.21. The standard InChI is InChI=1S/C12H21N3S/c1-2-3-8-15(12-14-7-9-16-12)10-11-5-4-6-13-11/h7,9,11,13H,2-6,8,10H2,1H3. The van der Waals surface area contributed by atoms with Crippen LogP contribution in [0.15, 0.2) is 11.6 Å². The lowest BCUT2D eigenvalue weighted by molar-refractivity contribution is 0.571. The first kappa shape index (κ1) is 11.9. The smallest absolute Gasteiger partial charge is 0.185 e. The Bertz CT molecular complexity index is 280. The van der Waals surface area contributed by atoms with Crippen molar-refractivity contribution >= 4 is 16.5 Å². The molecule has 1 N–H and O–H groups in total. The number of rotatable bonds is 6. The average Bonchev–Trinajstić information content (AvgIpc) is 2.96. The van der Waals surface area contributed by atoms with Gasteiger partial charge in [-0.05, 0) is 25.8 Å². The summed E-state index contributed by atoms with van der Waals surface area (Å²) in [6.45, 7) is 5.69. The van der Waals surface area contributed by atoms with Crippen molar-refractivity contribution < 1.29 is 0 Å². The summed E-state index contributed by atoms with van der Waals surface area (Å²) in [5, 5.41) is 6.81. The molecule has 1 aromatic rings. The van der Waals surface area contributed by atoms with Crippen LogP contribution in [-0.2, 0) is 0 Å². The fourth-order valence-electron chi connectivity index (χ4n) is 2.16. The van der Waals surface area contributed by atoms with E-state index in [2.05, 4.69) is 27.5 Å². The monoisotopic (exact) mass is 239 g/mol. The van der Waals surface area contributed by atoms with Crippen LogP contribution in [0.25, 0.3) is 0 Å². The largest absolute Gasteiger partial charge is 0.347 e. The SMILES string of the molecule is CCCCN(CC1CCCN1)c1nccs1. The van der Waals surface area contributed by atoms with Gasteiger partial charge in [-0.1, -0.05) is 13.3 Å². The predicted octanol–water partition coefficient (Wildman–Crippen LogP) is 2.50. The molecule has 1 saturated heterocycles. The van der Waals surface area contributed by atoms with Crippen molar-refractivity contribution in [2.24, 2.45) is 0 Å². The fraction of sp³-hybridized carbons (Fsp3) is 0.750. The van der Waals surface area contributed by atoms with Gasteiger partial charge in [-0.2, -0.15) is 0 Å². The highest BCUT2D eigenvalue weighted by Gasteiger charge is 2.18. The second-order valence-electron chi connectivity index (χ2n) is 4.41. The van der Waals surface area contributed by atoms with Crippen LogP contribution in [0.3, 0.4) is 0 Å². The Hall–Kier alpha value is -0.610. The average molecular weight is 239 g/mol. The molecule has 0 aromatic carbocycles. The van der Waals surface area contributed by atoms with E-state index in [0.29, 0.717) is 6.04 Å². The zero-order chi connectivity index (χ0) is 11.2. The van der Waals surface area contributed by atoms with Crippen molar-refractivity contribution in [2.45, 2.75) is 38.6 Å². The van der Waals surface area contributed by atoms with Crippen LogP contribution in [0.2, 0.25) is 0 Å². The van der Waals surface area contributed by atoms with E-state index in [1.54, 1.807) is 11.3 Å². The van der Waals surface area contributed by atoms with E-state index < -0.39 is 0 Å². The second-order valence-corrected chi connectivity index (χ2v) is 5.28. The van der Waals surface area contributed by atoms with Crippen molar-refractivity contribution in [3.63, 3.8) is 0 Å². The summed E-state index contributed by atoms with van der Waals surface area (Å²) in [5.74, 6) is 0. The predicted molar refractivity (Wildman–Crippen MR) is 70.3 cm³/mol. The number of hydrogen-bond acceptors (Lipinski definition) is 4. The molecule has 2 heterocycles. The molecule has 0 radical (unpaired) electrons. The highest BCUT2D eigenvalue weighted by atomic mass is 32.1. The highest BCUT2D eigenvalue weighted by Crippen LogP contribution is 2.19. The number of thiazole rings is 1. The summed E-state index contributed by atoms with van der Waals surface area (Å²) in [6, 6.07) is 0.667. The Morgan fingerprint density at radius 1 is 1.62 bits per heavy atom. The number of nitrogens with zero attached hydrogens (tertiary/aromatic N) is 2. The van der Waals surface area contributed by atoms with Gasteiger partial charge in [-0.3, -0.25) is 0 Å². The van der Waals surface area contributed by atoms with E-state index in [1.807, 2.05) is 6.20 Å². The minimum atomic E-state index is 0.667. The third-order valence-electron chi connectivity index (χ3n) is 3.07. The molecule has 0 spiro atoms. The quantitative estimate of drug-likeness (QED) is 0.826. The van der Waals surface area contributed by atoms with Crippen LogP contribution in [0.1, 0.15) is 32.6 Å². The Kier molecular flexibility index (Phi) is 4.60. The van der Waals surface area contributed by atoms with Gasteiger partial charge < -0.3 is 10.2 Å². The molecule has 4 heteroatoms. The molecule has 2 rings (SSSR count). The summed E-state index contributed by atoms with van der Waals surface area (Å²) in [7, 11) is 0. The van der Waals surface area contributed by atoms with Crippen LogP contribution in [0.5, 0.6) is 0 Å². The topological polar surface area (TPSA) is 28.2 Å². The molecule has 1 aliphatic heterocycles. The van der Waals surface area contributed by atoms with Crippen molar-refractivity contribution in [1.29, 1.82) is 0 Å². The number of nitrogens with one attached hydrogen (secondary N) is 1. The molecule has 1 fully saturated rings. The lowest BCUT2D eigenvalue weighted by Gasteiger charge is -2.25. The van der Waals surface area contributed by atoms with Gasteiger partial charge in [0.25, 0.3) is 0 Å². The minimum Gasteiger partial charge on any atom is -0.347 e. The Morgan fingerprint density at radius 2 is 2.56 bits per heavy atom. The van der Waals surface area contributed by atoms with Crippen molar-refractivity contribution in [2.75, 3.05) is 24.5 Å². The molecule has 1 aromatic heterocycles. The third kappa shape index (κ3) is 3.19. The molecular formula is C12H21N3S. The minimum absolute atomic E-state index is 0.667. The van der Waals surface area contributed by atoms with Gasteiger partial charge in [-0.25, -0.2) is 4.98 Å². The molecule has 0 aliphatic carbocycles. The van der Waals surface area contributed by atoms with Crippen LogP contribution < -0.4 is 10.2 Å². The first-order chi connectivity index (χ1) is 7.90. The number of anilines is 1. The molecule has 90 valence electrons. The van der Waals surface area contributed by atoms with Gasteiger partial charge >= 0.3 is 0 Å². The maximum Gasteiger partial charge on any atom is 0.185 e. The molecule has 0 saturated carbocycles. The number of hydrogen-bond donors (Lipinski definition) is 1. The molecule has 1 aliphatic rings. The summed E-state index contributed by atoms with van der Waals surface area (Å²) >= 11 is 1.75.